The third-order valence-electron chi connectivity index (χ3n) is 5.46. The molecule has 122 valence electrons. The molecule has 2 saturated heterocycles. The van der Waals surface area contributed by atoms with Gasteiger partial charge in [0.15, 0.2) is 0 Å². The molecule has 1 unspecified atom stereocenters. The Bertz CT molecular complexity index is 625. The molecule has 2 fully saturated rings. The second kappa shape index (κ2) is 6.00. The van der Waals surface area contributed by atoms with Gasteiger partial charge in [-0.2, -0.15) is 0 Å². The average Bonchev–Trinajstić information content (AvgIpc) is 2.55. The van der Waals surface area contributed by atoms with E-state index in [1.165, 1.54) is 19.3 Å². The monoisotopic (exact) mass is 313 g/mol. The topological polar surface area (TPSA) is 38.8 Å². The quantitative estimate of drug-likeness (QED) is 0.787. The average molecular weight is 313 g/mol. The van der Waals surface area contributed by atoms with E-state index in [9.17, 15) is 4.79 Å². The standard InChI is InChI=1S/C19H23NO3/c1-20-15-6-4-7-16(20)11-17(10-15)23-19(21)14-9-13-5-2-3-8-18(13)22-12-14/h2-3,5,8-9,15-17H,4,6-7,10-12H2,1H3/t15-,16+,17?. The molecule has 4 nitrogen and oxygen atoms in total. The lowest BCUT2D eigenvalue weighted by Gasteiger charge is -2.46. The second-order valence-electron chi connectivity index (χ2n) is 6.90. The van der Waals surface area contributed by atoms with Gasteiger partial charge in [-0.25, -0.2) is 4.79 Å². The Balaban J connectivity index is 1.44. The van der Waals surface area contributed by atoms with Crippen molar-refractivity contribution in [3.8, 4) is 5.75 Å². The fourth-order valence-corrected chi connectivity index (χ4v) is 4.12. The summed E-state index contributed by atoms with van der Waals surface area (Å²) in [5, 5.41) is 0. The van der Waals surface area contributed by atoms with Crippen LogP contribution in [0.2, 0.25) is 0 Å². The number of piperidine rings is 2. The molecule has 3 atom stereocenters. The first-order valence-electron chi connectivity index (χ1n) is 8.56. The number of nitrogens with zero attached hydrogens (tertiary/aromatic N) is 1. The van der Waals surface area contributed by atoms with Crippen LogP contribution in [0.3, 0.4) is 0 Å². The first-order valence-corrected chi connectivity index (χ1v) is 8.56. The number of para-hydroxylation sites is 1. The van der Waals surface area contributed by atoms with Gasteiger partial charge in [-0.15, -0.1) is 0 Å². The smallest absolute Gasteiger partial charge is 0.337 e. The molecule has 0 saturated carbocycles. The van der Waals surface area contributed by atoms with Crippen molar-refractivity contribution in [3.63, 3.8) is 0 Å². The van der Waals surface area contributed by atoms with E-state index in [1.54, 1.807) is 0 Å². The van der Waals surface area contributed by atoms with Crippen molar-refractivity contribution in [3.05, 3.63) is 35.4 Å². The van der Waals surface area contributed by atoms with E-state index in [0.29, 0.717) is 24.3 Å². The number of carbonyl (C=O) groups excluding carboxylic acids is 1. The lowest BCUT2D eigenvalue weighted by Crippen LogP contribution is -2.52. The van der Waals surface area contributed by atoms with Crippen LogP contribution in [-0.4, -0.2) is 42.7 Å². The van der Waals surface area contributed by atoms with Gasteiger partial charge in [0.2, 0.25) is 0 Å². The van der Waals surface area contributed by atoms with E-state index in [1.807, 2.05) is 30.3 Å². The van der Waals surface area contributed by atoms with Crippen LogP contribution < -0.4 is 4.74 Å². The second-order valence-corrected chi connectivity index (χ2v) is 6.90. The van der Waals surface area contributed by atoms with Crippen LogP contribution in [-0.2, 0) is 9.53 Å². The van der Waals surface area contributed by atoms with E-state index in [-0.39, 0.29) is 12.1 Å². The summed E-state index contributed by atoms with van der Waals surface area (Å²) in [4.78, 5) is 15.0. The minimum absolute atomic E-state index is 0.0482. The van der Waals surface area contributed by atoms with Crippen LogP contribution in [0.1, 0.15) is 37.7 Å². The summed E-state index contributed by atoms with van der Waals surface area (Å²) in [5.74, 6) is 0.616. The molecule has 0 radical (unpaired) electrons. The maximum absolute atomic E-state index is 12.5. The van der Waals surface area contributed by atoms with Crippen molar-refractivity contribution in [2.24, 2.45) is 0 Å². The lowest BCUT2D eigenvalue weighted by atomic mass is 9.83. The SMILES string of the molecule is CN1[C@@H]2CCC[C@H]1CC(OC(=O)C1=Cc3ccccc3OC1)C2. The molecule has 4 rings (SSSR count). The fraction of sp³-hybridized carbons (Fsp3) is 0.526. The number of hydrogen-bond acceptors (Lipinski definition) is 4. The molecule has 3 aliphatic rings. The summed E-state index contributed by atoms with van der Waals surface area (Å²) < 4.78 is 11.5. The van der Waals surface area contributed by atoms with Crippen LogP contribution in [0.4, 0.5) is 0 Å². The Kier molecular flexibility index (Phi) is 3.85. The number of ether oxygens (including phenoxy) is 2. The van der Waals surface area contributed by atoms with Crippen LogP contribution in [0.25, 0.3) is 6.08 Å². The molecule has 1 aromatic rings. The highest BCUT2D eigenvalue weighted by molar-refractivity contribution is 5.95. The molecule has 3 aliphatic heterocycles. The maximum atomic E-state index is 12.5. The molecule has 0 N–H and O–H groups in total. The van der Waals surface area contributed by atoms with Gasteiger partial charge in [0, 0.05) is 30.5 Å². The van der Waals surface area contributed by atoms with Gasteiger partial charge in [-0.05, 0) is 32.0 Å². The third kappa shape index (κ3) is 2.88. The number of hydrogen-bond donors (Lipinski definition) is 0. The van der Waals surface area contributed by atoms with E-state index in [0.717, 1.165) is 24.2 Å². The summed E-state index contributed by atoms with van der Waals surface area (Å²) in [5.41, 5.74) is 1.57. The zero-order chi connectivity index (χ0) is 15.8. The summed E-state index contributed by atoms with van der Waals surface area (Å²) >= 11 is 0. The molecule has 0 aliphatic carbocycles. The summed E-state index contributed by atoms with van der Waals surface area (Å²) in [6.45, 7) is 0.301. The highest BCUT2D eigenvalue weighted by Gasteiger charge is 2.37. The predicted molar refractivity (Wildman–Crippen MR) is 88.2 cm³/mol. The molecule has 4 heteroatoms. The highest BCUT2D eigenvalue weighted by Crippen LogP contribution is 2.34. The van der Waals surface area contributed by atoms with Crippen molar-refractivity contribution in [2.45, 2.75) is 50.3 Å². The summed E-state index contributed by atoms with van der Waals surface area (Å²) in [6, 6.07) is 8.90. The van der Waals surface area contributed by atoms with Crippen LogP contribution in [0.5, 0.6) is 5.75 Å². The van der Waals surface area contributed by atoms with Crippen molar-refractivity contribution in [2.75, 3.05) is 13.7 Å². The molecular weight excluding hydrogens is 290 g/mol. The van der Waals surface area contributed by atoms with Crippen LogP contribution >= 0.6 is 0 Å². The van der Waals surface area contributed by atoms with Crippen molar-refractivity contribution in [1.29, 1.82) is 0 Å². The first kappa shape index (κ1) is 14.8. The van der Waals surface area contributed by atoms with Gasteiger partial charge in [0.05, 0.1) is 5.57 Å². The molecule has 0 aromatic heterocycles. The van der Waals surface area contributed by atoms with Gasteiger partial charge in [-0.3, -0.25) is 0 Å². The Hall–Kier alpha value is -1.81. The highest BCUT2D eigenvalue weighted by atomic mass is 16.5. The van der Waals surface area contributed by atoms with E-state index in [4.69, 9.17) is 9.47 Å². The summed E-state index contributed by atoms with van der Waals surface area (Å²) in [6.07, 6.45) is 7.62. The zero-order valence-electron chi connectivity index (χ0n) is 13.5. The lowest BCUT2D eigenvalue weighted by molar-refractivity contribution is -0.150. The Morgan fingerprint density at radius 3 is 2.74 bits per heavy atom. The van der Waals surface area contributed by atoms with Gasteiger partial charge in [-0.1, -0.05) is 24.6 Å². The number of fused-ring (bicyclic) bond motifs is 3. The summed E-state index contributed by atoms with van der Waals surface area (Å²) in [7, 11) is 2.21. The van der Waals surface area contributed by atoms with E-state index >= 15 is 0 Å². The van der Waals surface area contributed by atoms with E-state index in [2.05, 4.69) is 11.9 Å². The van der Waals surface area contributed by atoms with Crippen molar-refractivity contribution >= 4 is 12.0 Å². The van der Waals surface area contributed by atoms with Gasteiger partial charge >= 0.3 is 5.97 Å². The first-order chi connectivity index (χ1) is 11.2. The molecule has 0 spiro atoms. The van der Waals surface area contributed by atoms with Crippen LogP contribution in [0, 0.1) is 0 Å². The normalized spacial score (nSPS) is 30.0. The molecule has 0 amide bonds. The minimum Gasteiger partial charge on any atom is -0.488 e. The Morgan fingerprint density at radius 1 is 1.22 bits per heavy atom. The maximum Gasteiger partial charge on any atom is 0.337 e. The fourth-order valence-electron chi connectivity index (χ4n) is 4.12. The van der Waals surface area contributed by atoms with Gasteiger partial charge in [0.1, 0.15) is 18.5 Å². The molecular formula is C19H23NO3. The minimum atomic E-state index is -0.216. The Morgan fingerprint density at radius 2 is 1.96 bits per heavy atom. The number of benzene rings is 1. The number of carbonyl (C=O) groups is 1. The van der Waals surface area contributed by atoms with Crippen LogP contribution in [0.15, 0.2) is 29.8 Å². The van der Waals surface area contributed by atoms with Crippen molar-refractivity contribution < 1.29 is 14.3 Å². The zero-order valence-corrected chi connectivity index (χ0v) is 13.5. The molecule has 2 bridgehead atoms. The van der Waals surface area contributed by atoms with Crippen molar-refractivity contribution in [1.82, 2.24) is 4.90 Å². The predicted octanol–water partition coefficient (Wildman–Crippen LogP) is 3.02. The Labute approximate surface area is 137 Å². The van der Waals surface area contributed by atoms with Gasteiger partial charge in [0.25, 0.3) is 0 Å². The van der Waals surface area contributed by atoms with E-state index < -0.39 is 0 Å². The molecule has 1 aromatic carbocycles. The third-order valence-corrected chi connectivity index (χ3v) is 5.46. The largest absolute Gasteiger partial charge is 0.488 e. The molecule has 23 heavy (non-hydrogen) atoms. The van der Waals surface area contributed by atoms with Gasteiger partial charge < -0.3 is 14.4 Å². The molecule has 3 heterocycles. The number of esters is 1. The number of rotatable bonds is 2.